The average Bonchev–Trinajstić information content (AvgIpc) is 2.39. The molecule has 0 saturated carbocycles. The Hall–Kier alpha value is -0.610. The molecule has 2 heterocycles. The van der Waals surface area contributed by atoms with Crippen molar-refractivity contribution in [3.63, 3.8) is 0 Å². The maximum atomic E-state index is 12.3. The Balaban J connectivity index is 1.81. The lowest BCUT2D eigenvalue weighted by molar-refractivity contribution is -0.137. The number of nitrogens with one attached hydrogen (secondary N) is 1. The number of rotatable bonds is 2. The zero-order chi connectivity index (χ0) is 12.3. The number of likely N-dealkylation sites (tertiary alicyclic amines) is 1. The predicted octanol–water partition coefficient (Wildman–Crippen LogP) is 0.539. The highest BCUT2D eigenvalue weighted by Crippen LogP contribution is 2.20. The van der Waals surface area contributed by atoms with Crippen molar-refractivity contribution in [3.8, 4) is 0 Å². The molecule has 0 aromatic carbocycles. The molecule has 0 aromatic heterocycles. The lowest BCUT2D eigenvalue weighted by Crippen LogP contribution is -2.47. The number of amides is 1. The Labute approximate surface area is 104 Å². The maximum Gasteiger partial charge on any atom is 0.225 e. The smallest absolute Gasteiger partial charge is 0.225 e. The zero-order valence-corrected chi connectivity index (χ0v) is 11.1. The Morgan fingerprint density at radius 3 is 2.24 bits per heavy atom. The van der Waals surface area contributed by atoms with Gasteiger partial charge in [0.25, 0.3) is 0 Å². The highest BCUT2D eigenvalue weighted by molar-refractivity contribution is 5.79. The van der Waals surface area contributed by atoms with Crippen molar-refractivity contribution in [2.75, 3.05) is 40.3 Å². The van der Waals surface area contributed by atoms with Crippen molar-refractivity contribution in [2.24, 2.45) is 5.92 Å². The van der Waals surface area contributed by atoms with E-state index in [0.717, 1.165) is 51.9 Å². The molecule has 2 rings (SSSR count). The van der Waals surface area contributed by atoms with Gasteiger partial charge < -0.3 is 15.1 Å². The van der Waals surface area contributed by atoms with Crippen LogP contribution in [0, 0.1) is 5.92 Å². The van der Waals surface area contributed by atoms with E-state index in [1.54, 1.807) is 0 Å². The normalized spacial score (nSPS) is 24.3. The quantitative estimate of drug-likeness (QED) is 0.764. The number of hydrogen-bond acceptors (Lipinski definition) is 3. The van der Waals surface area contributed by atoms with Gasteiger partial charge in [-0.25, -0.2) is 0 Å². The Morgan fingerprint density at radius 1 is 1.12 bits per heavy atom. The van der Waals surface area contributed by atoms with Gasteiger partial charge in [-0.15, -0.1) is 0 Å². The van der Waals surface area contributed by atoms with E-state index in [-0.39, 0.29) is 5.92 Å². The lowest BCUT2D eigenvalue weighted by Gasteiger charge is -2.37. The van der Waals surface area contributed by atoms with Gasteiger partial charge in [0.1, 0.15) is 0 Å². The van der Waals surface area contributed by atoms with Crippen molar-refractivity contribution in [1.82, 2.24) is 15.1 Å². The van der Waals surface area contributed by atoms with Crippen LogP contribution in [0.2, 0.25) is 0 Å². The number of piperidine rings is 2. The summed E-state index contributed by atoms with van der Waals surface area (Å²) in [6.07, 6.45) is 4.30. The number of hydrogen-bond donors (Lipinski definition) is 1. The summed E-state index contributed by atoms with van der Waals surface area (Å²) in [6.45, 7) is 3.91. The predicted molar refractivity (Wildman–Crippen MR) is 68.9 cm³/mol. The minimum atomic E-state index is 0.284. The molecule has 2 aliphatic rings. The number of carbonyl (C=O) groups is 1. The van der Waals surface area contributed by atoms with E-state index in [4.69, 9.17) is 0 Å². The van der Waals surface area contributed by atoms with Gasteiger partial charge in [0.05, 0.1) is 0 Å². The molecule has 2 fully saturated rings. The Bertz CT molecular complexity index is 253. The number of carbonyl (C=O) groups excluding carboxylic acids is 1. The summed E-state index contributed by atoms with van der Waals surface area (Å²) < 4.78 is 0. The molecule has 4 heteroatoms. The van der Waals surface area contributed by atoms with Gasteiger partial charge in [-0.05, 0) is 52.9 Å². The Kier molecular flexibility index (Phi) is 4.40. The SMILES string of the molecule is CN(C)C1CCN(C(=O)C2CCNCC2)CC1. The first kappa shape index (κ1) is 12.8. The van der Waals surface area contributed by atoms with Gasteiger partial charge >= 0.3 is 0 Å². The largest absolute Gasteiger partial charge is 0.342 e. The zero-order valence-electron chi connectivity index (χ0n) is 11.1. The maximum absolute atomic E-state index is 12.3. The van der Waals surface area contributed by atoms with Crippen molar-refractivity contribution >= 4 is 5.91 Å². The molecule has 2 aliphatic heterocycles. The van der Waals surface area contributed by atoms with Crippen LogP contribution in [-0.2, 0) is 4.79 Å². The van der Waals surface area contributed by atoms with Crippen LogP contribution >= 0.6 is 0 Å². The van der Waals surface area contributed by atoms with E-state index < -0.39 is 0 Å². The van der Waals surface area contributed by atoms with E-state index in [1.165, 1.54) is 0 Å². The topological polar surface area (TPSA) is 35.6 Å². The summed E-state index contributed by atoms with van der Waals surface area (Å²) in [5.41, 5.74) is 0. The lowest BCUT2D eigenvalue weighted by atomic mass is 9.94. The molecular formula is C13H25N3O. The highest BCUT2D eigenvalue weighted by Gasteiger charge is 2.29. The van der Waals surface area contributed by atoms with Gasteiger partial charge in [-0.2, -0.15) is 0 Å². The molecule has 98 valence electrons. The molecule has 0 aliphatic carbocycles. The third kappa shape index (κ3) is 3.19. The van der Waals surface area contributed by atoms with Gasteiger partial charge in [-0.3, -0.25) is 4.79 Å². The molecule has 0 atom stereocenters. The molecule has 2 saturated heterocycles. The first-order chi connectivity index (χ1) is 8.18. The molecule has 0 aromatic rings. The summed E-state index contributed by atoms with van der Waals surface area (Å²) in [4.78, 5) is 16.7. The molecule has 17 heavy (non-hydrogen) atoms. The van der Waals surface area contributed by atoms with Crippen LogP contribution in [0.15, 0.2) is 0 Å². The van der Waals surface area contributed by atoms with Crippen LogP contribution in [0.25, 0.3) is 0 Å². The van der Waals surface area contributed by atoms with Crippen molar-refractivity contribution in [2.45, 2.75) is 31.7 Å². The van der Waals surface area contributed by atoms with Crippen LogP contribution in [-0.4, -0.2) is 62.0 Å². The van der Waals surface area contributed by atoms with Crippen LogP contribution in [0.3, 0.4) is 0 Å². The van der Waals surface area contributed by atoms with Crippen LogP contribution < -0.4 is 5.32 Å². The van der Waals surface area contributed by atoms with E-state index in [9.17, 15) is 4.79 Å². The van der Waals surface area contributed by atoms with Crippen LogP contribution in [0.5, 0.6) is 0 Å². The van der Waals surface area contributed by atoms with E-state index in [2.05, 4.69) is 29.2 Å². The highest BCUT2D eigenvalue weighted by atomic mass is 16.2. The van der Waals surface area contributed by atoms with E-state index in [1.807, 2.05) is 0 Å². The van der Waals surface area contributed by atoms with Gasteiger partial charge in [-0.1, -0.05) is 0 Å². The molecule has 0 spiro atoms. The Morgan fingerprint density at radius 2 is 1.71 bits per heavy atom. The second-order valence-electron chi connectivity index (χ2n) is 5.54. The van der Waals surface area contributed by atoms with Gasteiger partial charge in [0.15, 0.2) is 0 Å². The van der Waals surface area contributed by atoms with Crippen LogP contribution in [0.1, 0.15) is 25.7 Å². The number of nitrogens with zero attached hydrogens (tertiary/aromatic N) is 2. The summed E-state index contributed by atoms with van der Waals surface area (Å²) in [5.74, 6) is 0.691. The first-order valence-electron chi connectivity index (χ1n) is 6.84. The summed E-state index contributed by atoms with van der Waals surface area (Å²) >= 11 is 0. The van der Waals surface area contributed by atoms with Crippen molar-refractivity contribution in [1.29, 1.82) is 0 Å². The summed E-state index contributed by atoms with van der Waals surface area (Å²) in [6, 6.07) is 0.659. The fraction of sp³-hybridized carbons (Fsp3) is 0.923. The summed E-state index contributed by atoms with van der Waals surface area (Å²) in [5, 5.41) is 3.32. The molecule has 0 unspecified atom stereocenters. The summed E-state index contributed by atoms with van der Waals surface area (Å²) in [7, 11) is 4.27. The molecule has 0 bridgehead atoms. The van der Waals surface area contributed by atoms with Crippen molar-refractivity contribution < 1.29 is 4.79 Å². The van der Waals surface area contributed by atoms with Gasteiger partial charge in [0, 0.05) is 25.0 Å². The second-order valence-corrected chi connectivity index (χ2v) is 5.54. The standard InChI is InChI=1S/C13H25N3O/c1-15(2)12-5-9-16(10-6-12)13(17)11-3-7-14-8-4-11/h11-12,14H,3-10H2,1-2H3. The molecular weight excluding hydrogens is 214 g/mol. The molecule has 1 amide bonds. The monoisotopic (exact) mass is 239 g/mol. The minimum absolute atomic E-state index is 0.284. The van der Waals surface area contributed by atoms with Crippen LogP contribution in [0.4, 0.5) is 0 Å². The third-order valence-corrected chi connectivity index (χ3v) is 4.19. The molecule has 1 N–H and O–H groups in total. The van der Waals surface area contributed by atoms with Gasteiger partial charge in [0.2, 0.25) is 5.91 Å². The van der Waals surface area contributed by atoms with E-state index >= 15 is 0 Å². The average molecular weight is 239 g/mol. The minimum Gasteiger partial charge on any atom is -0.342 e. The third-order valence-electron chi connectivity index (χ3n) is 4.19. The van der Waals surface area contributed by atoms with E-state index in [0.29, 0.717) is 11.9 Å². The molecule has 0 radical (unpaired) electrons. The molecule has 4 nitrogen and oxygen atoms in total. The fourth-order valence-corrected chi connectivity index (χ4v) is 2.93. The fourth-order valence-electron chi connectivity index (χ4n) is 2.93. The van der Waals surface area contributed by atoms with Crippen molar-refractivity contribution in [3.05, 3.63) is 0 Å². The first-order valence-corrected chi connectivity index (χ1v) is 6.84. The second kappa shape index (κ2) is 5.83.